The number of rotatable bonds is 15. The molecule has 0 bridgehead atoms. The predicted molar refractivity (Wildman–Crippen MR) is 158 cm³/mol. The number of aryl methyl sites for hydroxylation is 1. The van der Waals surface area contributed by atoms with Crippen LogP contribution in [-0.2, 0) is 39.0 Å². The van der Waals surface area contributed by atoms with Gasteiger partial charge in [0.1, 0.15) is 11.9 Å². The Kier molecular flexibility index (Phi) is 11.9. The molecular weight excluding hydrogens is 561 g/mol. The fraction of sp³-hybridized carbons (Fsp3) is 0.355. The van der Waals surface area contributed by atoms with Gasteiger partial charge in [0.15, 0.2) is 11.5 Å². The van der Waals surface area contributed by atoms with Crippen LogP contribution >= 0.6 is 0 Å². The molecule has 3 aromatic carbocycles. The zero-order valence-electron chi connectivity index (χ0n) is 24.4. The highest BCUT2D eigenvalue weighted by molar-refractivity contribution is 7.89. The number of carbonyl (C=O) groups excluding carboxylic acids is 2. The Morgan fingerprint density at radius 3 is 2.12 bits per heavy atom. The molecule has 0 unspecified atom stereocenters. The molecule has 1 atom stereocenters. The van der Waals surface area contributed by atoms with Gasteiger partial charge in [-0.1, -0.05) is 37.3 Å². The fourth-order valence-electron chi connectivity index (χ4n) is 4.39. The van der Waals surface area contributed by atoms with Crippen molar-refractivity contribution in [1.82, 2.24) is 14.9 Å². The first-order chi connectivity index (χ1) is 20.1. The van der Waals surface area contributed by atoms with Crippen molar-refractivity contribution in [3.8, 4) is 11.5 Å². The molecule has 226 valence electrons. The van der Waals surface area contributed by atoms with E-state index in [0.717, 1.165) is 11.1 Å². The molecule has 0 spiro atoms. The van der Waals surface area contributed by atoms with Crippen molar-refractivity contribution in [2.75, 3.05) is 27.3 Å². The number of hydrogen-bond acceptors (Lipinski definition) is 6. The van der Waals surface area contributed by atoms with Crippen LogP contribution in [0.2, 0.25) is 0 Å². The van der Waals surface area contributed by atoms with E-state index in [1.165, 1.54) is 29.2 Å². The van der Waals surface area contributed by atoms with Crippen molar-refractivity contribution in [2.45, 2.75) is 50.6 Å². The van der Waals surface area contributed by atoms with Crippen LogP contribution < -0.4 is 19.5 Å². The maximum Gasteiger partial charge on any atom is 0.242 e. The van der Waals surface area contributed by atoms with Gasteiger partial charge in [-0.25, -0.2) is 17.5 Å². The first-order valence-electron chi connectivity index (χ1n) is 13.7. The van der Waals surface area contributed by atoms with Crippen molar-refractivity contribution < 1.29 is 31.9 Å². The molecule has 0 saturated carbocycles. The number of ether oxygens (including phenoxy) is 2. The first kappa shape index (κ1) is 32.6. The van der Waals surface area contributed by atoms with Crippen LogP contribution in [0.25, 0.3) is 0 Å². The number of nitrogens with one attached hydrogen (secondary N) is 2. The Labute approximate surface area is 247 Å². The van der Waals surface area contributed by atoms with Crippen LogP contribution in [0.1, 0.15) is 37.0 Å². The number of amides is 2. The minimum Gasteiger partial charge on any atom is -0.493 e. The molecule has 2 N–H and O–H groups in total. The summed E-state index contributed by atoms with van der Waals surface area (Å²) in [5, 5.41) is 2.90. The molecule has 0 aromatic heterocycles. The van der Waals surface area contributed by atoms with Crippen LogP contribution in [-0.4, -0.2) is 58.5 Å². The van der Waals surface area contributed by atoms with Crippen molar-refractivity contribution in [3.05, 3.63) is 89.2 Å². The van der Waals surface area contributed by atoms with Gasteiger partial charge >= 0.3 is 0 Å². The first-order valence-corrected chi connectivity index (χ1v) is 15.2. The summed E-state index contributed by atoms with van der Waals surface area (Å²) < 4.78 is 50.9. The standard InChI is InChI=1S/C31H38FN3O6S/c1-5-34-42(38,39)27-14-8-23(9-15-27)11-17-30(36)35(21-25-6-12-26(32)13-7-25)22(2)31(37)33-19-18-24-10-16-28(40-3)29(20-24)41-4/h6-10,12-16,20,22,34H,5,11,17-19,21H2,1-4H3,(H,33,37)/t22-/m0/s1. The fourth-order valence-corrected chi connectivity index (χ4v) is 5.43. The summed E-state index contributed by atoms with van der Waals surface area (Å²) in [4.78, 5) is 28.2. The topological polar surface area (TPSA) is 114 Å². The van der Waals surface area contributed by atoms with Gasteiger partial charge in [-0.3, -0.25) is 9.59 Å². The Morgan fingerprint density at radius 2 is 1.50 bits per heavy atom. The molecule has 0 fully saturated rings. The lowest BCUT2D eigenvalue weighted by molar-refractivity contribution is -0.140. The number of sulfonamides is 1. The smallest absolute Gasteiger partial charge is 0.242 e. The Morgan fingerprint density at radius 1 is 0.881 bits per heavy atom. The molecule has 0 heterocycles. The summed E-state index contributed by atoms with van der Waals surface area (Å²) in [5.74, 6) is 0.246. The number of carbonyl (C=O) groups is 2. The quantitative estimate of drug-likeness (QED) is 0.274. The van der Waals surface area contributed by atoms with Crippen molar-refractivity contribution in [2.24, 2.45) is 0 Å². The maximum absolute atomic E-state index is 13.5. The highest BCUT2D eigenvalue weighted by Gasteiger charge is 2.26. The molecule has 42 heavy (non-hydrogen) atoms. The Bertz CT molecular complexity index is 1450. The van der Waals surface area contributed by atoms with Crippen LogP contribution in [0.5, 0.6) is 11.5 Å². The normalized spacial score (nSPS) is 11.9. The highest BCUT2D eigenvalue weighted by Crippen LogP contribution is 2.27. The minimum atomic E-state index is -3.57. The number of nitrogens with zero attached hydrogens (tertiary/aromatic N) is 1. The summed E-state index contributed by atoms with van der Waals surface area (Å²) in [7, 11) is -0.451. The molecule has 0 aliphatic heterocycles. The molecular formula is C31H38FN3O6S. The largest absolute Gasteiger partial charge is 0.493 e. The van der Waals surface area contributed by atoms with Crippen molar-refractivity contribution >= 4 is 21.8 Å². The van der Waals surface area contributed by atoms with E-state index in [4.69, 9.17) is 9.47 Å². The lowest BCUT2D eigenvalue weighted by Gasteiger charge is -2.29. The van der Waals surface area contributed by atoms with E-state index in [9.17, 15) is 22.4 Å². The molecule has 2 amide bonds. The third-order valence-electron chi connectivity index (χ3n) is 6.79. The van der Waals surface area contributed by atoms with Gasteiger partial charge in [-0.2, -0.15) is 0 Å². The molecule has 0 saturated heterocycles. The number of hydrogen-bond donors (Lipinski definition) is 2. The molecule has 3 rings (SSSR count). The van der Waals surface area contributed by atoms with E-state index in [1.54, 1.807) is 58.4 Å². The van der Waals surface area contributed by atoms with Crippen LogP contribution in [0, 0.1) is 5.82 Å². The number of halogens is 1. The predicted octanol–water partition coefficient (Wildman–Crippen LogP) is 3.85. The summed E-state index contributed by atoms with van der Waals surface area (Å²) >= 11 is 0. The zero-order chi connectivity index (χ0) is 30.7. The zero-order valence-corrected chi connectivity index (χ0v) is 25.2. The van der Waals surface area contributed by atoms with Gasteiger partial charge < -0.3 is 19.7 Å². The van der Waals surface area contributed by atoms with Gasteiger partial charge in [0.25, 0.3) is 0 Å². The third kappa shape index (κ3) is 9.02. The van der Waals surface area contributed by atoms with Gasteiger partial charge in [0.2, 0.25) is 21.8 Å². The van der Waals surface area contributed by atoms with Crippen molar-refractivity contribution in [3.63, 3.8) is 0 Å². The molecule has 9 nitrogen and oxygen atoms in total. The van der Waals surface area contributed by atoms with Gasteiger partial charge in [-0.05, 0) is 72.9 Å². The SMILES string of the molecule is CCNS(=O)(=O)c1ccc(CCC(=O)N(Cc2ccc(F)cc2)[C@@H](C)C(=O)NCCc2ccc(OC)c(OC)c2)cc1. The van der Waals surface area contributed by atoms with E-state index in [1.807, 2.05) is 12.1 Å². The molecule has 11 heteroatoms. The van der Waals surface area contributed by atoms with E-state index in [0.29, 0.717) is 36.4 Å². The van der Waals surface area contributed by atoms with E-state index >= 15 is 0 Å². The molecule has 0 aliphatic carbocycles. The molecule has 0 aliphatic rings. The Hall–Kier alpha value is -3.96. The number of benzene rings is 3. The summed E-state index contributed by atoms with van der Waals surface area (Å²) in [6.45, 7) is 4.12. The molecule has 0 radical (unpaired) electrons. The highest BCUT2D eigenvalue weighted by atomic mass is 32.2. The Balaban J connectivity index is 1.66. The van der Waals surface area contributed by atoms with Crippen molar-refractivity contribution in [1.29, 1.82) is 0 Å². The van der Waals surface area contributed by atoms with Gasteiger partial charge in [0.05, 0.1) is 19.1 Å². The maximum atomic E-state index is 13.5. The summed E-state index contributed by atoms with van der Waals surface area (Å²) in [6.07, 6.45) is 1.00. The summed E-state index contributed by atoms with van der Waals surface area (Å²) in [5.41, 5.74) is 2.42. The van der Waals surface area contributed by atoms with Crippen LogP contribution in [0.3, 0.4) is 0 Å². The number of methoxy groups -OCH3 is 2. The van der Waals surface area contributed by atoms with E-state index in [-0.39, 0.29) is 36.2 Å². The second kappa shape index (κ2) is 15.3. The minimum absolute atomic E-state index is 0.101. The van der Waals surface area contributed by atoms with E-state index in [2.05, 4.69) is 10.0 Å². The third-order valence-corrected chi connectivity index (χ3v) is 8.35. The average Bonchev–Trinajstić information content (AvgIpc) is 2.99. The van der Waals surface area contributed by atoms with E-state index < -0.39 is 21.9 Å². The van der Waals surface area contributed by atoms with Crippen LogP contribution in [0.4, 0.5) is 4.39 Å². The second-order valence-corrected chi connectivity index (χ2v) is 11.5. The lowest BCUT2D eigenvalue weighted by Crippen LogP contribution is -2.48. The average molecular weight is 600 g/mol. The molecule has 3 aromatic rings. The second-order valence-electron chi connectivity index (χ2n) is 9.70. The van der Waals surface area contributed by atoms with Gasteiger partial charge in [-0.15, -0.1) is 0 Å². The summed E-state index contributed by atoms with van der Waals surface area (Å²) in [6, 6.07) is 16.9. The monoisotopic (exact) mass is 599 g/mol. The lowest BCUT2D eigenvalue weighted by atomic mass is 10.1. The van der Waals surface area contributed by atoms with Crippen LogP contribution in [0.15, 0.2) is 71.6 Å². The van der Waals surface area contributed by atoms with Gasteiger partial charge in [0, 0.05) is 26.1 Å².